The zero-order valence-electron chi connectivity index (χ0n) is 13.5. The number of aromatic carboxylic acids is 1. The van der Waals surface area contributed by atoms with Crippen LogP contribution in [0, 0.1) is 0 Å². The van der Waals surface area contributed by atoms with Crippen LogP contribution in [0.3, 0.4) is 0 Å². The summed E-state index contributed by atoms with van der Waals surface area (Å²) in [5, 5.41) is 13.8. The molecule has 25 heavy (non-hydrogen) atoms. The van der Waals surface area contributed by atoms with Gasteiger partial charge in [0, 0.05) is 0 Å². The summed E-state index contributed by atoms with van der Waals surface area (Å²) >= 11 is 0. The molecule has 0 aromatic heterocycles. The van der Waals surface area contributed by atoms with Crippen LogP contribution in [-0.4, -0.2) is 11.1 Å². The van der Waals surface area contributed by atoms with Gasteiger partial charge in [-0.3, -0.25) is 0 Å². The fourth-order valence-electron chi connectivity index (χ4n) is 3.14. The first-order valence-corrected chi connectivity index (χ1v) is 8.14. The van der Waals surface area contributed by atoms with E-state index in [4.69, 9.17) is 5.11 Å². The number of carboxylic acid groups (broad SMARTS) is 1. The molecule has 0 radical (unpaired) electrons. The molecule has 0 spiro atoms. The summed E-state index contributed by atoms with van der Waals surface area (Å²) in [6.45, 7) is 0. The van der Waals surface area contributed by atoms with Gasteiger partial charge < -0.3 is 5.11 Å². The van der Waals surface area contributed by atoms with Crippen molar-refractivity contribution in [2.75, 3.05) is 0 Å². The molecule has 120 valence electrons. The highest BCUT2D eigenvalue weighted by molar-refractivity contribution is 6.07. The number of rotatable bonds is 3. The third-order valence-corrected chi connectivity index (χ3v) is 4.41. The molecule has 0 heterocycles. The molecule has 0 saturated carbocycles. The number of carboxylic acids is 1. The smallest absolute Gasteiger partial charge is 0.335 e. The lowest BCUT2D eigenvalue weighted by molar-refractivity contribution is 0.0697. The van der Waals surface area contributed by atoms with E-state index in [1.807, 2.05) is 18.2 Å². The predicted molar refractivity (Wildman–Crippen MR) is 104 cm³/mol. The summed E-state index contributed by atoms with van der Waals surface area (Å²) in [6.07, 6.45) is 4.14. The normalized spacial score (nSPS) is 11.4. The number of benzene rings is 4. The zero-order chi connectivity index (χ0) is 17.2. The maximum absolute atomic E-state index is 11.0. The molecule has 0 saturated heterocycles. The van der Waals surface area contributed by atoms with Crippen LogP contribution >= 0.6 is 0 Å². The first-order chi connectivity index (χ1) is 12.2. The fraction of sp³-hybridized carbons (Fsp3) is 0. The van der Waals surface area contributed by atoms with Crippen LogP contribution in [0.5, 0.6) is 0 Å². The zero-order valence-corrected chi connectivity index (χ0v) is 13.5. The monoisotopic (exact) mass is 324 g/mol. The Morgan fingerprint density at radius 1 is 0.720 bits per heavy atom. The highest BCUT2D eigenvalue weighted by Crippen LogP contribution is 2.30. The molecule has 0 fully saturated rings. The van der Waals surface area contributed by atoms with Gasteiger partial charge in [0.05, 0.1) is 5.56 Å². The summed E-state index contributed by atoms with van der Waals surface area (Å²) in [5.41, 5.74) is 2.45. The molecule has 4 aromatic rings. The van der Waals surface area contributed by atoms with Gasteiger partial charge in [-0.15, -0.1) is 0 Å². The summed E-state index contributed by atoms with van der Waals surface area (Å²) in [7, 11) is 0. The van der Waals surface area contributed by atoms with E-state index in [-0.39, 0.29) is 0 Å². The largest absolute Gasteiger partial charge is 0.478 e. The Morgan fingerprint density at radius 3 is 1.84 bits per heavy atom. The second-order valence-electron chi connectivity index (χ2n) is 5.99. The van der Waals surface area contributed by atoms with Crippen molar-refractivity contribution in [3.63, 3.8) is 0 Å². The van der Waals surface area contributed by atoms with Crippen LogP contribution in [0.1, 0.15) is 21.5 Å². The summed E-state index contributed by atoms with van der Waals surface area (Å²) in [4.78, 5) is 11.0. The van der Waals surface area contributed by atoms with E-state index < -0.39 is 5.97 Å². The quantitative estimate of drug-likeness (QED) is 0.378. The fourth-order valence-corrected chi connectivity index (χ4v) is 3.14. The van der Waals surface area contributed by atoms with Crippen LogP contribution in [0.2, 0.25) is 0 Å². The number of fused-ring (bicyclic) bond motifs is 2. The van der Waals surface area contributed by atoms with E-state index in [2.05, 4.69) is 60.7 Å². The Hall–Kier alpha value is -3.39. The third-order valence-electron chi connectivity index (χ3n) is 4.41. The van der Waals surface area contributed by atoms with Gasteiger partial charge in [-0.1, -0.05) is 72.8 Å². The van der Waals surface area contributed by atoms with E-state index in [1.165, 1.54) is 27.1 Å². The van der Waals surface area contributed by atoms with Crippen molar-refractivity contribution in [2.24, 2.45) is 0 Å². The lowest BCUT2D eigenvalue weighted by atomic mass is 9.96. The van der Waals surface area contributed by atoms with Crippen molar-refractivity contribution >= 4 is 39.7 Å². The molecule has 0 unspecified atom stereocenters. The number of carbonyl (C=O) groups is 1. The summed E-state index contributed by atoms with van der Waals surface area (Å²) < 4.78 is 0. The van der Waals surface area contributed by atoms with Gasteiger partial charge >= 0.3 is 5.97 Å². The first kappa shape index (κ1) is 15.2. The van der Waals surface area contributed by atoms with E-state index >= 15 is 0 Å². The average Bonchev–Trinajstić information content (AvgIpc) is 2.65. The standard InChI is InChI=1S/C23H16O2/c24-23(25)17-12-9-16(10-13-17)11-14-22-20-7-3-1-5-18(20)15-19-6-2-4-8-21(19)22/h1-15H,(H,24,25)/b14-11+. The number of hydrogen-bond acceptors (Lipinski definition) is 1. The molecule has 0 aliphatic rings. The van der Waals surface area contributed by atoms with Crippen LogP contribution < -0.4 is 0 Å². The van der Waals surface area contributed by atoms with Crippen molar-refractivity contribution in [1.29, 1.82) is 0 Å². The average molecular weight is 324 g/mol. The lowest BCUT2D eigenvalue weighted by Gasteiger charge is -2.08. The molecule has 2 heteroatoms. The lowest BCUT2D eigenvalue weighted by Crippen LogP contribution is -1.94. The Kier molecular flexibility index (Phi) is 3.79. The molecule has 0 atom stereocenters. The van der Waals surface area contributed by atoms with Gasteiger partial charge in [-0.2, -0.15) is 0 Å². The maximum atomic E-state index is 11.0. The van der Waals surface area contributed by atoms with Crippen LogP contribution in [0.4, 0.5) is 0 Å². The molecule has 1 N–H and O–H groups in total. The molecule has 4 rings (SSSR count). The highest BCUT2D eigenvalue weighted by atomic mass is 16.4. The predicted octanol–water partition coefficient (Wildman–Crippen LogP) is 5.86. The second-order valence-corrected chi connectivity index (χ2v) is 5.99. The summed E-state index contributed by atoms with van der Waals surface area (Å²) in [6, 6.07) is 25.8. The highest BCUT2D eigenvalue weighted by Gasteiger charge is 2.05. The van der Waals surface area contributed by atoms with E-state index in [9.17, 15) is 4.79 Å². The van der Waals surface area contributed by atoms with Crippen LogP contribution in [0.25, 0.3) is 33.7 Å². The van der Waals surface area contributed by atoms with Crippen molar-refractivity contribution in [1.82, 2.24) is 0 Å². The van der Waals surface area contributed by atoms with Gasteiger partial charge in [0.2, 0.25) is 0 Å². The van der Waals surface area contributed by atoms with E-state index in [0.717, 1.165) is 5.56 Å². The SMILES string of the molecule is O=C(O)c1ccc(/C=C/c2c3ccccc3cc3ccccc23)cc1. The van der Waals surface area contributed by atoms with Crippen molar-refractivity contribution in [3.8, 4) is 0 Å². The molecule has 0 amide bonds. The molecule has 0 aliphatic carbocycles. The Morgan fingerprint density at radius 2 is 1.28 bits per heavy atom. The molecule has 2 nitrogen and oxygen atoms in total. The van der Waals surface area contributed by atoms with Gasteiger partial charge in [-0.05, 0) is 50.9 Å². The Balaban J connectivity index is 1.85. The van der Waals surface area contributed by atoms with E-state index in [1.54, 1.807) is 12.1 Å². The Bertz CT molecular complexity index is 1050. The van der Waals surface area contributed by atoms with E-state index in [0.29, 0.717) is 5.56 Å². The van der Waals surface area contributed by atoms with Gasteiger partial charge in [0.1, 0.15) is 0 Å². The first-order valence-electron chi connectivity index (χ1n) is 8.14. The number of hydrogen-bond donors (Lipinski definition) is 1. The van der Waals surface area contributed by atoms with Gasteiger partial charge in [-0.25, -0.2) is 4.79 Å². The summed E-state index contributed by atoms with van der Waals surface area (Å²) in [5.74, 6) is -0.907. The van der Waals surface area contributed by atoms with Crippen molar-refractivity contribution in [3.05, 3.63) is 95.6 Å². The molecular weight excluding hydrogens is 308 g/mol. The molecule has 0 aliphatic heterocycles. The van der Waals surface area contributed by atoms with Gasteiger partial charge in [0.25, 0.3) is 0 Å². The molecular formula is C23H16O2. The minimum atomic E-state index is -0.907. The Labute approximate surface area is 145 Å². The third kappa shape index (κ3) is 2.90. The van der Waals surface area contributed by atoms with Crippen LogP contribution in [0.15, 0.2) is 78.9 Å². The molecule has 4 aromatic carbocycles. The van der Waals surface area contributed by atoms with Gasteiger partial charge in [0.15, 0.2) is 0 Å². The van der Waals surface area contributed by atoms with Crippen molar-refractivity contribution < 1.29 is 9.90 Å². The second kappa shape index (κ2) is 6.25. The minimum Gasteiger partial charge on any atom is -0.478 e. The van der Waals surface area contributed by atoms with Crippen LogP contribution in [-0.2, 0) is 0 Å². The molecule has 0 bridgehead atoms. The van der Waals surface area contributed by atoms with Crippen molar-refractivity contribution in [2.45, 2.75) is 0 Å². The maximum Gasteiger partial charge on any atom is 0.335 e. The topological polar surface area (TPSA) is 37.3 Å². The minimum absolute atomic E-state index is 0.299.